The Hall–Kier alpha value is -1.97. The number of aromatic amines is 1. The summed E-state index contributed by atoms with van der Waals surface area (Å²) in [6.45, 7) is 4.24. The molecule has 0 fully saturated rings. The monoisotopic (exact) mass is 231 g/mol. The summed E-state index contributed by atoms with van der Waals surface area (Å²) in [5.74, 6) is 0.509. The second kappa shape index (κ2) is 4.49. The molecule has 0 bridgehead atoms. The van der Waals surface area contributed by atoms with E-state index in [9.17, 15) is 4.79 Å². The van der Waals surface area contributed by atoms with E-state index in [1.807, 2.05) is 18.2 Å². The Morgan fingerprint density at radius 2 is 2.06 bits per heavy atom. The molecule has 17 heavy (non-hydrogen) atoms. The number of hydrogen-bond donors (Lipinski definition) is 2. The number of benzene rings is 1. The van der Waals surface area contributed by atoms with Gasteiger partial charge in [0.2, 0.25) is 0 Å². The van der Waals surface area contributed by atoms with Crippen molar-refractivity contribution in [1.82, 2.24) is 9.78 Å². The fraction of sp³-hybridized carbons (Fsp3) is 0.308. The lowest BCUT2D eigenvalue weighted by Gasteiger charge is -2.06. The topological polar surface area (TPSA) is 63.8 Å². The highest BCUT2D eigenvalue weighted by Gasteiger charge is 2.08. The minimum atomic E-state index is -0.0708. The maximum absolute atomic E-state index is 11.9. The molecule has 0 unspecified atom stereocenters. The largest absolute Gasteiger partial charge is 0.397 e. The molecule has 2 rings (SSSR count). The Kier molecular flexibility index (Phi) is 3.04. The first-order chi connectivity index (χ1) is 8.08. The van der Waals surface area contributed by atoms with Gasteiger partial charge in [0.1, 0.15) is 0 Å². The van der Waals surface area contributed by atoms with Gasteiger partial charge in [-0.2, -0.15) is 0 Å². The third-order valence-electron chi connectivity index (χ3n) is 2.58. The van der Waals surface area contributed by atoms with E-state index < -0.39 is 0 Å². The average Bonchev–Trinajstić information content (AvgIpc) is 2.59. The van der Waals surface area contributed by atoms with Crippen molar-refractivity contribution in [2.24, 2.45) is 5.92 Å². The molecule has 1 heterocycles. The summed E-state index contributed by atoms with van der Waals surface area (Å²) in [7, 11) is 0. The van der Waals surface area contributed by atoms with E-state index in [1.54, 1.807) is 12.1 Å². The van der Waals surface area contributed by atoms with Gasteiger partial charge in [-0.1, -0.05) is 26.0 Å². The minimum absolute atomic E-state index is 0.0708. The summed E-state index contributed by atoms with van der Waals surface area (Å²) in [6.07, 6.45) is 0.856. The van der Waals surface area contributed by atoms with Crippen LogP contribution in [0.4, 0.5) is 5.69 Å². The van der Waals surface area contributed by atoms with Crippen molar-refractivity contribution in [1.29, 1.82) is 0 Å². The molecular weight excluding hydrogens is 214 g/mol. The fourth-order valence-corrected chi connectivity index (χ4v) is 1.86. The second-order valence-electron chi connectivity index (χ2n) is 4.61. The van der Waals surface area contributed by atoms with Crippen molar-refractivity contribution in [3.8, 4) is 5.69 Å². The zero-order valence-corrected chi connectivity index (χ0v) is 10.1. The highest BCUT2D eigenvalue weighted by molar-refractivity contribution is 5.56. The molecule has 4 nitrogen and oxygen atoms in total. The molecule has 0 aliphatic carbocycles. The van der Waals surface area contributed by atoms with E-state index in [0.717, 1.165) is 12.1 Å². The molecule has 0 saturated heterocycles. The first-order valence-corrected chi connectivity index (χ1v) is 5.73. The number of para-hydroxylation sites is 2. The molecule has 2 aromatic rings. The molecular formula is C13H17N3O. The maximum atomic E-state index is 11.9. The van der Waals surface area contributed by atoms with Crippen LogP contribution in [-0.4, -0.2) is 9.78 Å². The fourth-order valence-electron chi connectivity index (χ4n) is 1.86. The summed E-state index contributed by atoms with van der Waals surface area (Å²) in [4.78, 5) is 11.9. The normalized spacial score (nSPS) is 11.0. The quantitative estimate of drug-likeness (QED) is 0.793. The second-order valence-corrected chi connectivity index (χ2v) is 4.61. The molecule has 1 aromatic carbocycles. The van der Waals surface area contributed by atoms with E-state index >= 15 is 0 Å². The van der Waals surface area contributed by atoms with Gasteiger partial charge in [0.15, 0.2) is 0 Å². The van der Waals surface area contributed by atoms with Crippen molar-refractivity contribution in [3.63, 3.8) is 0 Å². The Bertz CT molecular complexity index is 566. The van der Waals surface area contributed by atoms with Crippen molar-refractivity contribution < 1.29 is 0 Å². The third-order valence-corrected chi connectivity index (χ3v) is 2.58. The van der Waals surface area contributed by atoms with E-state index in [0.29, 0.717) is 17.3 Å². The van der Waals surface area contributed by atoms with Gasteiger partial charge in [-0.05, 0) is 24.5 Å². The van der Waals surface area contributed by atoms with E-state index in [4.69, 9.17) is 5.73 Å². The smallest absolute Gasteiger partial charge is 0.271 e. The van der Waals surface area contributed by atoms with Gasteiger partial charge in [-0.15, -0.1) is 0 Å². The summed E-state index contributed by atoms with van der Waals surface area (Å²) in [5, 5.41) is 3.09. The van der Waals surface area contributed by atoms with Gasteiger partial charge < -0.3 is 5.73 Å². The number of rotatable bonds is 3. The number of H-pyrrole nitrogens is 1. The number of nitrogen functional groups attached to an aromatic ring is 1. The van der Waals surface area contributed by atoms with Gasteiger partial charge in [0.05, 0.1) is 11.4 Å². The van der Waals surface area contributed by atoms with E-state index in [1.165, 1.54) is 4.68 Å². The Balaban J connectivity index is 2.43. The highest BCUT2D eigenvalue weighted by atomic mass is 16.1. The molecule has 0 spiro atoms. The first-order valence-electron chi connectivity index (χ1n) is 5.73. The number of anilines is 1. The van der Waals surface area contributed by atoms with Crippen LogP contribution < -0.4 is 11.3 Å². The van der Waals surface area contributed by atoms with Crippen LogP contribution >= 0.6 is 0 Å². The van der Waals surface area contributed by atoms with Gasteiger partial charge >= 0.3 is 0 Å². The lowest BCUT2D eigenvalue weighted by Crippen LogP contribution is -2.14. The zero-order valence-electron chi connectivity index (χ0n) is 10.1. The molecule has 0 radical (unpaired) electrons. The van der Waals surface area contributed by atoms with Gasteiger partial charge in [-0.25, -0.2) is 4.68 Å². The average molecular weight is 231 g/mol. The van der Waals surface area contributed by atoms with Crippen LogP contribution in [0.25, 0.3) is 5.69 Å². The van der Waals surface area contributed by atoms with E-state index in [-0.39, 0.29) is 5.56 Å². The summed E-state index contributed by atoms with van der Waals surface area (Å²) >= 11 is 0. The third kappa shape index (κ3) is 2.41. The molecule has 3 N–H and O–H groups in total. The molecule has 0 saturated carbocycles. The summed E-state index contributed by atoms with van der Waals surface area (Å²) in [6, 6.07) is 8.95. The van der Waals surface area contributed by atoms with Crippen LogP contribution in [0.2, 0.25) is 0 Å². The lowest BCUT2D eigenvalue weighted by atomic mass is 10.1. The summed E-state index contributed by atoms with van der Waals surface area (Å²) < 4.78 is 1.49. The molecule has 0 aliphatic rings. The SMILES string of the molecule is CC(C)Cc1cc(=O)n(-c2ccccc2N)[nH]1. The Morgan fingerprint density at radius 1 is 1.35 bits per heavy atom. The van der Waals surface area contributed by atoms with Crippen LogP contribution in [0.5, 0.6) is 0 Å². The van der Waals surface area contributed by atoms with Crippen molar-refractivity contribution >= 4 is 5.69 Å². The number of nitrogens with two attached hydrogens (primary N) is 1. The van der Waals surface area contributed by atoms with Gasteiger partial charge in [0, 0.05) is 11.8 Å². The number of nitrogens with zero attached hydrogens (tertiary/aromatic N) is 1. The molecule has 4 heteroatoms. The van der Waals surface area contributed by atoms with Crippen LogP contribution in [-0.2, 0) is 6.42 Å². The molecule has 0 aliphatic heterocycles. The van der Waals surface area contributed by atoms with Crippen molar-refractivity contribution in [3.05, 3.63) is 46.4 Å². The first kappa shape index (κ1) is 11.5. The van der Waals surface area contributed by atoms with Crippen LogP contribution in [0.15, 0.2) is 35.1 Å². The number of aromatic nitrogens is 2. The van der Waals surface area contributed by atoms with Gasteiger partial charge in [0.25, 0.3) is 5.56 Å². The molecule has 0 amide bonds. The summed E-state index contributed by atoms with van der Waals surface area (Å²) in [5.41, 5.74) is 8.01. The predicted molar refractivity (Wildman–Crippen MR) is 69.3 cm³/mol. The molecule has 90 valence electrons. The lowest BCUT2D eigenvalue weighted by molar-refractivity contribution is 0.628. The molecule has 1 aromatic heterocycles. The molecule has 0 atom stereocenters. The number of nitrogens with one attached hydrogen (secondary N) is 1. The van der Waals surface area contributed by atoms with Crippen LogP contribution in [0.3, 0.4) is 0 Å². The van der Waals surface area contributed by atoms with E-state index in [2.05, 4.69) is 18.9 Å². The Morgan fingerprint density at radius 3 is 2.71 bits per heavy atom. The standard InChI is InChI=1S/C13H17N3O/c1-9(2)7-10-8-13(17)16(15-10)12-6-4-3-5-11(12)14/h3-6,8-9,15H,7,14H2,1-2H3. The zero-order chi connectivity index (χ0) is 12.4. The van der Waals surface area contributed by atoms with Gasteiger partial charge in [-0.3, -0.25) is 9.89 Å². The minimum Gasteiger partial charge on any atom is -0.397 e. The maximum Gasteiger partial charge on any atom is 0.271 e. The highest BCUT2D eigenvalue weighted by Crippen LogP contribution is 2.14. The van der Waals surface area contributed by atoms with Crippen molar-refractivity contribution in [2.75, 3.05) is 5.73 Å². The predicted octanol–water partition coefficient (Wildman–Crippen LogP) is 1.95. The van der Waals surface area contributed by atoms with Crippen LogP contribution in [0.1, 0.15) is 19.5 Å². The number of hydrogen-bond acceptors (Lipinski definition) is 2. The van der Waals surface area contributed by atoms with Crippen LogP contribution in [0, 0.1) is 5.92 Å². The van der Waals surface area contributed by atoms with Crippen molar-refractivity contribution in [2.45, 2.75) is 20.3 Å². The Labute approximate surface area is 100 Å².